The predicted octanol–water partition coefficient (Wildman–Crippen LogP) is 3.45. The minimum absolute atomic E-state index is 0.174. The highest BCUT2D eigenvalue weighted by atomic mass is 16.5. The topological polar surface area (TPSA) is 47.3 Å². The van der Waals surface area contributed by atoms with Crippen LogP contribution in [0.3, 0.4) is 0 Å². The zero-order valence-corrected chi connectivity index (χ0v) is 13.0. The molecule has 3 nitrogen and oxygen atoms in total. The van der Waals surface area contributed by atoms with E-state index in [2.05, 4.69) is 49.6 Å². The Morgan fingerprint density at radius 1 is 1.10 bits per heavy atom. The zero-order valence-electron chi connectivity index (χ0n) is 13.0. The molecule has 0 aliphatic rings. The van der Waals surface area contributed by atoms with Gasteiger partial charge in [-0.1, -0.05) is 35.9 Å². The number of aryl methyl sites for hydroxylation is 3. The van der Waals surface area contributed by atoms with Crippen LogP contribution in [0.2, 0.25) is 0 Å². The van der Waals surface area contributed by atoms with Gasteiger partial charge in [-0.3, -0.25) is 11.3 Å². The molecular formula is C18H24N2O. The smallest absolute Gasteiger partial charge is 0.118 e. The van der Waals surface area contributed by atoms with Gasteiger partial charge in [0.1, 0.15) is 5.75 Å². The first-order valence-corrected chi connectivity index (χ1v) is 7.30. The Bertz CT molecular complexity index is 578. The summed E-state index contributed by atoms with van der Waals surface area (Å²) in [5.41, 5.74) is 8.08. The maximum atomic E-state index is 5.75. The van der Waals surface area contributed by atoms with E-state index in [-0.39, 0.29) is 6.04 Å². The molecule has 112 valence electrons. The number of hydrogen-bond acceptors (Lipinski definition) is 3. The highest BCUT2D eigenvalue weighted by Gasteiger charge is 2.12. The maximum absolute atomic E-state index is 5.75. The normalized spacial score (nSPS) is 12.2. The number of hydrazine groups is 1. The number of hydrogen-bond donors (Lipinski definition) is 2. The van der Waals surface area contributed by atoms with Gasteiger partial charge in [0.15, 0.2) is 0 Å². The van der Waals surface area contributed by atoms with Gasteiger partial charge in [-0.15, -0.1) is 0 Å². The third kappa shape index (κ3) is 4.06. The maximum Gasteiger partial charge on any atom is 0.118 e. The molecule has 3 heteroatoms. The predicted molar refractivity (Wildman–Crippen MR) is 87.3 cm³/mol. The van der Waals surface area contributed by atoms with Gasteiger partial charge >= 0.3 is 0 Å². The van der Waals surface area contributed by atoms with Crippen molar-refractivity contribution < 1.29 is 4.74 Å². The van der Waals surface area contributed by atoms with Crippen LogP contribution in [0.1, 0.15) is 34.7 Å². The van der Waals surface area contributed by atoms with Crippen molar-refractivity contribution in [2.24, 2.45) is 5.84 Å². The lowest BCUT2D eigenvalue weighted by Crippen LogP contribution is -2.29. The average Bonchev–Trinajstić information content (AvgIpc) is 2.50. The molecule has 1 atom stereocenters. The summed E-state index contributed by atoms with van der Waals surface area (Å²) in [7, 11) is 1.68. The van der Waals surface area contributed by atoms with Crippen LogP contribution in [-0.2, 0) is 6.42 Å². The lowest BCUT2D eigenvalue weighted by molar-refractivity contribution is 0.414. The zero-order chi connectivity index (χ0) is 15.2. The highest BCUT2D eigenvalue weighted by Crippen LogP contribution is 2.23. The van der Waals surface area contributed by atoms with E-state index in [1.165, 1.54) is 22.3 Å². The molecule has 2 aromatic carbocycles. The number of nitrogens with one attached hydrogen (secondary N) is 1. The molecule has 2 rings (SSSR count). The van der Waals surface area contributed by atoms with Crippen molar-refractivity contribution in [3.63, 3.8) is 0 Å². The molecule has 2 aromatic rings. The van der Waals surface area contributed by atoms with Crippen LogP contribution in [-0.4, -0.2) is 7.11 Å². The van der Waals surface area contributed by atoms with E-state index in [1.54, 1.807) is 7.11 Å². The average molecular weight is 284 g/mol. The molecule has 21 heavy (non-hydrogen) atoms. The van der Waals surface area contributed by atoms with E-state index in [1.807, 2.05) is 12.1 Å². The molecule has 0 radical (unpaired) electrons. The van der Waals surface area contributed by atoms with E-state index >= 15 is 0 Å². The second-order valence-corrected chi connectivity index (χ2v) is 5.47. The van der Waals surface area contributed by atoms with Gasteiger partial charge in [0, 0.05) is 6.04 Å². The van der Waals surface area contributed by atoms with Gasteiger partial charge in [0.05, 0.1) is 7.11 Å². The Hall–Kier alpha value is -1.84. The van der Waals surface area contributed by atoms with E-state index in [0.717, 1.165) is 18.6 Å². The first-order valence-electron chi connectivity index (χ1n) is 7.30. The quantitative estimate of drug-likeness (QED) is 0.631. The largest absolute Gasteiger partial charge is 0.497 e. The number of methoxy groups -OCH3 is 1. The summed E-state index contributed by atoms with van der Waals surface area (Å²) in [5, 5.41) is 0. The van der Waals surface area contributed by atoms with Gasteiger partial charge in [0.25, 0.3) is 0 Å². The Labute approximate surface area is 127 Å². The van der Waals surface area contributed by atoms with Crippen molar-refractivity contribution in [2.75, 3.05) is 7.11 Å². The third-order valence-electron chi connectivity index (χ3n) is 3.88. The fourth-order valence-electron chi connectivity index (χ4n) is 2.65. The van der Waals surface area contributed by atoms with Gasteiger partial charge in [0.2, 0.25) is 0 Å². The van der Waals surface area contributed by atoms with Crippen molar-refractivity contribution in [1.29, 1.82) is 0 Å². The summed E-state index contributed by atoms with van der Waals surface area (Å²) in [6.45, 7) is 4.25. The Kier molecular flexibility index (Phi) is 5.37. The molecular weight excluding hydrogens is 260 g/mol. The minimum Gasteiger partial charge on any atom is -0.497 e. The number of nitrogens with two attached hydrogens (primary N) is 1. The van der Waals surface area contributed by atoms with Crippen LogP contribution in [0.5, 0.6) is 5.75 Å². The Morgan fingerprint density at radius 2 is 1.81 bits per heavy atom. The Morgan fingerprint density at radius 3 is 2.38 bits per heavy atom. The van der Waals surface area contributed by atoms with E-state index in [4.69, 9.17) is 10.6 Å². The summed E-state index contributed by atoms with van der Waals surface area (Å²) in [5.74, 6) is 6.64. The highest BCUT2D eigenvalue weighted by molar-refractivity contribution is 5.33. The molecule has 0 aliphatic heterocycles. The lowest BCUT2D eigenvalue weighted by atomic mass is 9.95. The van der Waals surface area contributed by atoms with Crippen LogP contribution in [0.25, 0.3) is 0 Å². The molecule has 0 saturated heterocycles. The monoisotopic (exact) mass is 284 g/mol. The van der Waals surface area contributed by atoms with Gasteiger partial charge in [-0.05, 0) is 55.5 Å². The second-order valence-electron chi connectivity index (χ2n) is 5.47. The molecule has 0 heterocycles. The van der Waals surface area contributed by atoms with Crippen LogP contribution < -0.4 is 16.0 Å². The molecule has 0 aliphatic carbocycles. The fourth-order valence-corrected chi connectivity index (χ4v) is 2.65. The fraction of sp³-hybridized carbons (Fsp3) is 0.333. The lowest BCUT2D eigenvalue weighted by Gasteiger charge is -2.19. The van der Waals surface area contributed by atoms with E-state index in [0.29, 0.717) is 0 Å². The van der Waals surface area contributed by atoms with Gasteiger partial charge in [-0.2, -0.15) is 0 Å². The molecule has 0 saturated carbocycles. The number of rotatable bonds is 6. The summed E-state index contributed by atoms with van der Waals surface area (Å²) in [4.78, 5) is 0. The second kappa shape index (κ2) is 7.25. The summed E-state index contributed by atoms with van der Waals surface area (Å²) in [6, 6.07) is 14.9. The molecule has 1 unspecified atom stereocenters. The Balaban J connectivity index is 2.04. The summed E-state index contributed by atoms with van der Waals surface area (Å²) in [6.07, 6.45) is 1.94. The minimum atomic E-state index is 0.174. The standard InChI is InChI=1S/C18H24N2O/c1-13-4-10-17(14(2)12-13)18(20-19)11-7-15-5-8-16(21-3)9-6-15/h4-6,8-10,12,18,20H,7,11,19H2,1-3H3. The molecule has 0 fully saturated rings. The number of benzene rings is 2. The van der Waals surface area contributed by atoms with Crippen LogP contribution >= 0.6 is 0 Å². The molecule has 0 spiro atoms. The summed E-state index contributed by atoms with van der Waals surface area (Å²) >= 11 is 0. The summed E-state index contributed by atoms with van der Waals surface area (Å²) < 4.78 is 5.18. The molecule has 0 amide bonds. The van der Waals surface area contributed by atoms with Gasteiger partial charge in [-0.25, -0.2) is 0 Å². The van der Waals surface area contributed by atoms with E-state index < -0.39 is 0 Å². The van der Waals surface area contributed by atoms with Crippen molar-refractivity contribution in [3.05, 3.63) is 64.7 Å². The first kappa shape index (κ1) is 15.5. The first-order chi connectivity index (χ1) is 10.1. The molecule has 0 aromatic heterocycles. The van der Waals surface area contributed by atoms with Crippen molar-refractivity contribution in [3.8, 4) is 5.75 Å². The van der Waals surface area contributed by atoms with Crippen LogP contribution in [0, 0.1) is 13.8 Å². The van der Waals surface area contributed by atoms with Gasteiger partial charge < -0.3 is 4.74 Å². The van der Waals surface area contributed by atoms with Crippen molar-refractivity contribution in [1.82, 2.24) is 5.43 Å². The van der Waals surface area contributed by atoms with Crippen LogP contribution in [0.15, 0.2) is 42.5 Å². The van der Waals surface area contributed by atoms with E-state index in [9.17, 15) is 0 Å². The number of ether oxygens (including phenoxy) is 1. The van der Waals surface area contributed by atoms with Crippen molar-refractivity contribution in [2.45, 2.75) is 32.7 Å². The molecule has 3 N–H and O–H groups in total. The van der Waals surface area contributed by atoms with Crippen molar-refractivity contribution >= 4 is 0 Å². The third-order valence-corrected chi connectivity index (χ3v) is 3.88. The molecule has 0 bridgehead atoms. The van der Waals surface area contributed by atoms with Crippen LogP contribution in [0.4, 0.5) is 0 Å². The SMILES string of the molecule is COc1ccc(CCC(NN)c2ccc(C)cc2C)cc1.